The van der Waals surface area contributed by atoms with Crippen molar-refractivity contribution in [3.05, 3.63) is 95.5 Å². The van der Waals surface area contributed by atoms with Crippen LogP contribution in [-0.2, 0) is 48.8 Å². The molecule has 0 aliphatic rings. The standard InChI is InChI=1S/C46H73N2O7P/c1-9-11-13-15-17-19-21-37-23-27-39(28-24-37)35-41(47-43(49)54-45(3,4)5)31-33-52-56(51)53-34-32-42(48-44(50)55-46(6,7)8)36-40-29-25-38(26-30-40)22-20-18-16-14-12-10-2/h23-34,41-42,56H,9-22,35-36H2,1-8H3,(H,47,49)(H,48,50)/b33-31-,34-32-. The lowest BCUT2D eigenvalue weighted by Crippen LogP contribution is -2.39. The molecule has 0 aliphatic heterocycles. The zero-order valence-electron chi connectivity index (χ0n) is 35.8. The monoisotopic (exact) mass is 797 g/mol. The van der Waals surface area contributed by atoms with E-state index in [1.54, 1.807) is 53.7 Å². The maximum Gasteiger partial charge on any atom is 0.417 e. The summed E-state index contributed by atoms with van der Waals surface area (Å²) in [7, 11) is -2.99. The number of carbonyl (C=O) groups excluding carboxylic acids is 2. The molecule has 0 aliphatic carbocycles. The van der Waals surface area contributed by atoms with E-state index in [1.807, 2.05) is 0 Å². The summed E-state index contributed by atoms with van der Waals surface area (Å²) in [5, 5.41) is 5.76. The van der Waals surface area contributed by atoms with Gasteiger partial charge in [0.15, 0.2) is 0 Å². The van der Waals surface area contributed by atoms with E-state index in [-0.39, 0.29) is 0 Å². The molecule has 0 fully saturated rings. The van der Waals surface area contributed by atoms with Gasteiger partial charge in [0.05, 0.1) is 24.6 Å². The molecule has 2 N–H and O–H groups in total. The molecule has 314 valence electrons. The predicted octanol–water partition coefficient (Wildman–Crippen LogP) is 12.5. The van der Waals surface area contributed by atoms with Crippen molar-refractivity contribution < 1.29 is 32.7 Å². The van der Waals surface area contributed by atoms with Gasteiger partial charge >= 0.3 is 20.4 Å². The third-order valence-corrected chi connectivity index (χ3v) is 9.61. The molecule has 2 aromatic rings. The Bertz CT molecular complexity index is 1350. The van der Waals surface area contributed by atoms with Crippen LogP contribution in [0.15, 0.2) is 73.2 Å². The van der Waals surface area contributed by atoms with E-state index in [2.05, 4.69) is 73.0 Å². The largest absolute Gasteiger partial charge is 0.444 e. The van der Waals surface area contributed by atoms with Crippen LogP contribution in [0, 0.1) is 0 Å². The number of alkyl carbamates (subject to hydrolysis) is 2. The molecule has 2 rings (SSSR count). The van der Waals surface area contributed by atoms with E-state index in [0.717, 1.165) is 24.0 Å². The maximum atomic E-state index is 12.8. The van der Waals surface area contributed by atoms with Crippen molar-refractivity contribution in [2.45, 2.75) is 181 Å². The Morgan fingerprint density at radius 2 is 0.875 bits per heavy atom. The highest BCUT2D eigenvalue weighted by atomic mass is 31.1. The quantitative estimate of drug-likeness (QED) is 0.0554. The lowest BCUT2D eigenvalue weighted by molar-refractivity contribution is 0.0502. The lowest BCUT2D eigenvalue weighted by Gasteiger charge is -2.22. The number of carbonyl (C=O) groups is 2. The molecule has 9 nitrogen and oxygen atoms in total. The second-order valence-corrected chi connectivity index (χ2v) is 17.7. The lowest BCUT2D eigenvalue weighted by atomic mass is 10.0. The van der Waals surface area contributed by atoms with Crippen molar-refractivity contribution in [2.24, 2.45) is 0 Å². The molecule has 56 heavy (non-hydrogen) atoms. The zero-order chi connectivity index (χ0) is 41.2. The van der Waals surface area contributed by atoms with E-state index in [9.17, 15) is 14.2 Å². The van der Waals surface area contributed by atoms with Crippen molar-refractivity contribution in [3.63, 3.8) is 0 Å². The normalized spacial score (nSPS) is 13.6. The molecule has 0 aromatic heterocycles. The summed E-state index contributed by atoms with van der Waals surface area (Å²) in [4.78, 5) is 25.3. The van der Waals surface area contributed by atoms with Gasteiger partial charge in [0.1, 0.15) is 11.2 Å². The van der Waals surface area contributed by atoms with Gasteiger partial charge in [0, 0.05) is 0 Å². The zero-order valence-corrected chi connectivity index (χ0v) is 36.8. The van der Waals surface area contributed by atoms with Crippen LogP contribution < -0.4 is 10.6 Å². The minimum atomic E-state index is -2.99. The van der Waals surface area contributed by atoms with Crippen LogP contribution in [0.1, 0.15) is 155 Å². The molecular weight excluding hydrogens is 723 g/mol. The average Bonchev–Trinajstić information content (AvgIpc) is 3.11. The topological polar surface area (TPSA) is 112 Å². The Morgan fingerprint density at radius 1 is 0.554 bits per heavy atom. The van der Waals surface area contributed by atoms with Gasteiger partial charge in [-0.3, -0.25) is 0 Å². The first-order valence-electron chi connectivity index (χ1n) is 21.0. The van der Waals surface area contributed by atoms with Gasteiger partial charge in [-0.1, -0.05) is 127 Å². The predicted molar refractivity (Wildman–Crippen MR) is 230 cm³/mol. The second-order valence-electron chi connectivity index (χ2n) is 16.7. The fourth-order valence-corrected chi connectivity index (χ4v) is 6.51. The number of ether oxygens (including phenoxy) is 2. The van der Waals surface area contributed by atoms with Crippen LogP contribution >= 0.6 is 8.25 Å². The number of nitrogens with one attached hydrogen (secondary N) is 2. The van der Waals surface area contributed by atoms with Gasteiger partial charge in [-0.05, 0) is 114 Å². The summed E-state index contributed by atoms with van der Waals surface area (Å²) in [6.07, 6.45) is 22.9. The van der Waals surface area contributed by atoms with E-state index >= 15 is 0 Å². The van der Waals surface area contributed by atoms with Crippen LogP contribution in [0.4, 0.5) is 9.59 Å². The van der Waals surface area contributed by atoms with Crippen molar-refractivity contribution in [2.75, 3.05) is 0 Å². The summed E-state index contributed by atoms with van der Waals surface area (Å²) in [6, 6.07) is 15.9. The van der Waals surface area contributed by atoms with Gasteiger partial charge in [-0.2, -0.15) is 0 Å². The van der Waals surface area contributed by atoms with Crippen molar-refractivity contribution in [1.82, 2.24) is 10.6 Å². The summed E-state index contributed by atoms with van der Waals surface area (Å²) in [5.74, 6) is 0. The molecule has 2 aromatic carbocycles. The number of amides is 2. The summed E-state index contributed by atoms with van der Waals surface area (Å²) in [6.45, 7) is 15.3. The molecule has 0 saturated heterocycles. The SMILES string of the molecule is CCCCCCCCc1ccc(CC(/C=C\O[PH](=O)O/C=C\C(Cc2ccc(CCCCCCCC)cc2)NC(=O)OC(C)(C)C)NC(=O)OC(C)(C)C)cc1. The second kappa shape index (κ2) is 27.0. The van der Waals surface area contributed by atoms with Crippen LogP contribution in [0.2, 0.25) is 0 Å². The van der Waals surface area contributed by atoms with E-state index in [1.165, 1.54) is 101 Å². The van der Waals surface area contributed by atoms with E-state index in [4.69, 9.17) is 18.5 Å². The molecule has 0 radical (unpaired) electrons. The highest BCUT2D eigenvalue weighted by molar-refractivity contribution is 7.33. The number of hydrogen-bond acceptors (Lipinski definition) is 7. The third-order valence-electron chi connectivity index (χ3n) is 8.95. The van der Waals surface area contributed by atoms with Crippen LogP contribution in [0.5, 0.6) is 0 Å². The molecule has 0 heterocycles. The summed E-state index contributed by atoms with van der Waals surface area (Å²) < 4.78 is 34.5. The van der Waals surface area contributed by atoms with Crippen molar-refractivity contribution >= 4 is 20.4 Å². The van der Waals surface area contributed by atoms with Crippen molar-refractivity contribution in [3.8, 4) is 0 Å². The molecule has 0 spiro atoms. The molecule has 0 saturated carbocycles. The molecule has 0 bridgehead atoms. The number of rotatable bonds is 26. The van der Waals surface area contributed by atoms with E-state index < -0.39 is 43.7 Å². The number of benzene rings is 2. The summed E-state index contributed by atoms with van der Waals surface area (Å²) >= 11 is 0. The van der Waals surface area contributed by atoms with Gasteiger partial charge in [0.2, 0.25) is 0 Å². The Labute approximate surface area is 339 Å². The maximum absolute atomic E-state index is 12.8. The third kappa shape index (κ3) is 24.7. The number of aryl methyl sites for hydroxylation is 2. The van der Waals surface area contributed by atoms with Gasteiger partial charge in [0.25, 0.3) is 0 Å². The molecule has 2 unspecified atom stereocenters. The van der Waals surface area contributed by atoms with Gasteiger partial charge in [-0.25, -0.2) is 14.2 Å². The Morgan fingerprint density at radius 3 is 1.21 bits per heavy atom. The average molecular weight is 797 g/mol. The number of hydrogen-bond donors (Lipinski definition) is 2. The van der Waals surface area contributed by atoms with Crippen molar-refractivity contribution in [1.29, 1.82) is 0 Å². The number of unbranched alkanes of at least 4 members (excludes halogenated alkanes) is 10. The van der Waals surface area contributed by atoms with Crippen LogP contribution in [-0.4, -0.2) is 35.5 Å². The van der Waals surface area contributed by atoms with E-state index in [0.29, 0.717) is 12.8 Å². The first-order chi connectivity index (χ1) is 26.7. The fraction of sp³-hybridized carbons (Fsp3) is 0.609. The molecule has 2 amide bonds. The minimum Gasteiger partial charge on any atom is -0.444 e. The molecular formula is C46H73N2O7P. The Hall–Kier alpha value is -3.71. The molecule has 2 atom stereocenters. The smallest absolute Gasteiger partial charge is 0.417 e. The highest BCUT2D eigenvalue weighted by Crippen LogP contribution is 2.25. The first kappa shape index (κ1) is 48.4. The minimum absolute atomic E-state index is 0.482. The fourth-order valence-electron chi connectivity index (χ4n) is 6.07. The molecule has 10 heteroatoms. The van der Waals surface area contributed by atoms with Crippen LogP contribution in [0.25, 0.3) is 0 Å². The first-order valence-corrected chi connectivity index (χ1v) is 22.2. The van der Waals surface area contributed by atoms with Gasteiger partial charge < -0.3 is 29.2 Å². The summed E-state index contributed by atoms with van der Waals surface area (Å²) in [5.41, 5.74) is 3.33. The highest BCUT2D eigenvalue weighted by Gasteiger charge is 2.20. The van der Waals surface area contributed by atoms with Crippen LogP contribution in [0.3, 0.4) is 0 Å². The van der Waals surface area contributed by atoms with Gasteiger partial charge in [-0.15, -0.1) is 0 Å². The Kier molecular flexibility index (Phi) is 23.4. The Balaban J connectivity index is 2.01.